The first-order chi connectivity index (χ1) is 7.94. The highest BCUT2D eigenvalue weighted by atomic mass is 28.2. The molecule has 4 heteroatoms. The van der Waals surface area contributed by atoms with Crippen LogP contribution in [0.5, 0.6) is 0 Å². The molecule has 0 aliphatic carbocycles. The molecule has 17 heavy (non-hydrogen) atoms. The molecule has 96 valence electrons. The summed E-state index contributed by atoms with van der Waals surface area (Å²) in [6, 6.07) is 4.12. The molecule has 0 saturated carbocycles. The summed E-state index contributed by atoms with van der Waals surface area (Å²) < 4.78 is 31.1. The number of unbranched alkanes of at least 4 members (excludes halogenated alkanes) is 1. The Hall–Kier alpha value is -0.743. The zero-order chi connectivity index (χ0) is 12.9. The van der Waals surface area contributed by atoms with Crippen molar-refractivity contribution in [3.63, 3.8) is 0 Å². The Labute approximate surface area is 105 Å². The van der Waals surface area contributed by atoms with Crippen molar-refractivity contribution in [2.24, 2.45) is 0 Å². The summed E-state index contributed by atoms with van der Waals surface area (Å²) in [5, 5.41) is 0. The number of halogens is 2. The summed E-state index contributed by atoms with van der Waals surface area (Å²) in [5.74, 6) is -1.54. The molecule has 0 heterocycles. The fraction of sp³-hybridized carbons (Fsp3) is 0.538. The fourth-order valence-corrected chi connectivity index (χ4v) is 1.88. The molecule has 1 aromatic carbocycles. The Morgan fingerprint density at radius 2 is 1.88 bits per heavy atom. The van der Waals surface area contributed by atoms with Crippen molar-refractivity contribution < 1.29 is 13.2 Å². The Bertz CT molecular complexity index is 366. The van der Waals surface area contributed by atoms with Gasteiger partial charge in [-0.05, 0) is 50.8 Å². The minimum absolute atomic E-state index is 0.0414. The quantitative estimate of drug-likeness (QED) is 0.563. The Balaban J connectivity index is 2.34. The summed E-state index contributed by atoms with van der Waals surface area (Å²) in [6.45, 7) is 4.16. The third kappa shape index (κ3) is 4.96. The molecule has 0 aliphatic heterocycles. The van der Waals surface area contributed by atoms with Crippen LogP contribution in [0, 0.1) is 11.6 Å². The predicted octanol–water partition coefficient (Wildman–Crippen LogP) is 2.75. The van der Waals surface area contributed by atoms with E-state index in [1.807, 2.05) is 0 Å². The summed E-state index contributed by atoms with van der Waals surface area (Å²) in [7, 11) is 0.748. The molecule has 0 fully saturated rings. The Morgan fingerprint density at radius 3 is 2.47 bits per heavy atom. The lowest BCUT2D eigenvalue weighted by Crippen LogP contribution is -2.22. The van der Waals surface area contributed by atoms with Crippen LogP contribution >= 0.6 is 0 Å². The monoisotopic (exact) mass is 258 g/mol. The van der Waals surface area contributed by atoms with Crippen LogP contribution in [0.1, 0.15) is 38.7 Å². The maximum Gasteiger partial charge on any atom is 0.159 e. The van der Waals surface area contributed by atoms with Crippen LogP contribution < -0.4 is 0 Å². The molecule has 0 spiro atoms. The van der Waals surface area contributed by atoms with E-state index in [2.05, 4.69) is 13.8 Å². The average molecular weight is 258 g/mol. The van der Waals surface area contributed by atoms with Crippen molar-refractivity contribution in [2.45, 2.75) is 45.1 Å². The standard InChI is InChI=1S/C13H20F2OSi/c1-13(2,16-17)8-4-3-5-10-6-7-11(14)12(15)9-10/h6-7,9H,3-5,8H2,1-2,17H3. The molecule has 1 nitrogen and oxygen atoms in total. The van der Waals surface area contributed by atoms with E-state index in [1.54, 1.807) is 6.07 Å². The second-order valence-corrected chi connectivity index (χ2v) is 5.33. The zero-order valence-electron chi connectivity index (χ0n) is 10.7. The molecule has 0 amide bonds. The van der Waals surface area contributed by atoms with Crippen molar-refractivity contribution >= 4 is 10.5 Å². The summed E-state index contributed by atoms with van der Waals surface area (Å²) in [6.07, 6.45) is 3.79. The van der Waals surface area contributed by atoms with Gasteiger partial charge in [-0.3, -0.25) is 0 Å². The van der Waals surface area contributed by atoms with Crippen molar-refractivity contribution in [1.29, 1.82) is 0 Å². The molecule has 0 radical (unpaired) electrons. The highest BCUT2D eigenvalue weighted by Crippen LogP contribution is 2.18. The van der Waals surface area contributed by atoms with Crippen LogP contribution in [0.4, 0.5) is 8.78 Å². The number of benzene rings is 1. The van der Waals surface area contributed by atoms with Gasteiger partial charge in [-0.25, -0.2) is 8.78 Å². The van der Waals surface area contributed by atoms with Crippen LogP contribution in [0.15, 0.2) is 18.2 Å². The number of rotatable bonds is 6. The highest BCUT2D eigenvalue weighted by molar-refractivity contribution is 5.98. The normalized spacial score (nSPS) is 12.0. The van der Waals surface area contributed by atoms with Crippen LogP contribution in [-0.2, 0) is 10.8 Å². The van der Waals surface area contributed by atoms with Gasteiger partial charge in [0.05, 0.1) is 0 Å². The van der Waals surface area contributed by atoms with E-state index >= 15 is 0 Å². The Morgan fingerprint density at radius 1 is 1.18 bits per heavy atom. The molecular formula is C13H20F2OSi. The zero-order valence-corrected chi connectivity index (χ0v) is 12.7. The highest BCUT2D eigenvalue weighted by Gasteiger charge is 2.14. The molecular weight excluding hydrogens is 238 g/mol. The minimum atomic E-state index is -0.778. The number of hydrogen-bond acceptors (Lipinski definition) is 1. The van der Waals surface area contributed by atoms with E-state index in [0.717, 1.165) is 41.7 Å². The fourth-order valence-electron chi connectivity index (χ4n) is 1.68. The molecule has 0 atom stereocenters. The van der Waals surface area contributed by atoms with Crippen LogP contribution in [0.2, 0.25) is 0 Å². The molecule has 0 N–H and O–H groups in total. The van der Waals surface area contributed by atoms with Crippen LogP contribution in [-0.4, -0.2) is 16.1 Å². The smallest absolute Gasteiger partial charge is 0.159 e. The molecule has 0 aromatic heterocycles. The SMILES string of the molecule is CC(C)(CCCCc1ccc(F)c(F)c1)O[SiH3]. The third-order valence-corrected chi connectivity index (χ3v) is 4.14. The maximum atomic E-state index is 12.9. The van der Waals surface area contributed by atoms with E-state index in [-0.39, 0.29) is 5.60 Å². The van der Waals surface area contributed by atoms with Crippen LogP contribution in [0.3, 0.4) is 0 Å². The van der Waals surface area contributed by atoms with Gasteiger partial charge >= 0.3 is 0 Å². The topological polar surface area (TPSA) is 9.23 Å². The second kappa shape index (κ2) is 6.26. The first kappa shape index (κ1) is 14.3. The Kier molecular flexibility index (Phi) is 5.27. The van der Waals surface area contributed by atoms with Gasteiger partial charge in [0.25, 0.3) is 0 Å². The van der Waals surface area contributed by atoms with Gasteiger partial charge in [-0.1, -0.05) is 12.5 Å². The van der Waals surface area contributed by atoms with Crippen molar-refractivity contribution in [2.75, 3.05) is 0 Å². The van der Waals surface area contributed by atoms with Crippen molar-refractivity contribution in [3.05, 3.63) is 35.4 Å². The van der Waals surface area contributed by atoms with Gasteiger partial charge in [-0.15, -0.1) is 0 Å². The number of hydrogen-bond donors (Lipinski definition) is 0. The van der Waals surface area contributed by atoms with Crippen molar-refractivity contribution in [3.8, 4) is 0 Å². The first-order valence-corrected chi connectivity index (χ1v) is 6.75. The number of aryl methyl sites for hydroxylation is 1. The predicted molar refractivity (Wildman–Crippen MR) is 69.0 cm³/mol. The lowest BCUT2D eigenvalue weighted by Gasteiger charge is -2.23. The van der Waals surface area contributed by atoms with E-state index in [4.69, 9.17) is 4.43 Å². The average Bonchev–Trinajstić information content (AvgIpc) is 2.29. The van der Waals surface area contributed by atoms with Gasteiger partial charge in [0.15, 0.2) is 11.6 Å². The maximum absolute atomic E-state index is 12.9. The second-order valence-electron chi connectivity index (χ2n) is 4.92. The largest absolute Gasteiger partial charge is 0.423 e. The van der Waals surface area contributed by atoms with Gasteiger partial charge < -0.3 is 4.43 Å². The summed E-state index contributed by atoms with van der Waals surface area (Å²) in [4.78, 5) is 0. The van der Waals surface area contributed by atoms with Gasteiger partial charge in [0.2, 0.25) is 0 Å². The van der Waals surface area contributed by atoms with E-state index < -0.39 is 11.6 Å². The molecule has 0 unspecified atom stereocenters. The molecule has 0 saturated heterocycles. The van der Waals surface area contributed by atoms with Gasteiger partial charge in [0, 0.05) is 5.60 Å². The van der Waals surface area contributed by atoms with Gasteiger partial charge in [0.1, 0.15) is 10.5 Å². The van der Waals surface area contributed by atoms with E-state index in [1.165, 1.54) is 12.1 Å². The molecule has 1 rings (SSSR count). The van der Waals surface area contributed by atoms with Crippen LogP contribution in [0.25, 0.3) is 0 Å². The molecule has 0 aliphatic rings. The lowest BCUT2D eigenvalue weighted by atomic mass is 9.99. The lowest BCUT2D eigenvalue weighted by molar-refractivity contribution is 0.109. The molecule has 0 bridgehead atoms. The summed E-state index contributed by atoms with van der Waals surface area (Å²) in [5.41, 5.74) is 0.814. The van der Waals surface area contributed by atoms with E-state index in [0.29, 0.717) is 0 Å². The third-order valence-electron chi connectivity index (χ3n) is 3.03. The summed E-state index contributed by atoms with van der Waals surface area (Å²) >= 11 is 0. The van der Waals surface area contributed by atoms with E-state index in [9.17, 15) is 8.78 Å². The molecule has 1 aromatic rings. The first-order valence-electron chi connectivity index (χ1n) is 5.94. The van der Waals surface area contributed by atoms with Crippen molar-refractivity contribution in [1.82, 2.24) is 0 Å². The van der Waals surface area contributed by atoms with Gasteiger partial charge in [-0.2, -0.15) is 0 Å². The minimum Gasteiger partial charge on any atom is -0.423 e.